The van der Waals surface area contributed by atoms with Gasteiger partial charge in [0, 0.05) is 24.2 Å². The van der Waals surface area contributed by atoms with Gasteiger partial charge in [-0.15, -0.1) is 0 Å². The molecule has 0 radical (unpaired) electrons. The van der Waals surface area contributed by atoms with E-state index in [1.165, 1.54) is 6.92 Å². The first kappa shape index (κ1) is 22.4. The van der Waals surface area contributed by atoms with Crippen LogP contribution in [0.1, 0.15) is 50.5 Å². The Hall–Kier alpha value is -3.94. The molecule has 8 heteroatoms. The van der Waals surface area contributed by atoms with Gasteiger partial charge in [-0.2, -0.15) is 0 Å². The number of rotatable bonds is 4. The van der Waals surface area contributed by atoms with E-state index in [1.54, 1.807) is 22.9 Å². The number of hydrogen-bond acceptors (Lipinski definition) is 5. The van der Waals surface area contributed by atoms with Crippen LogP contribution in [0, 0.1) is 13.8 Å². The summed E-state index contributed by atoms with van der Waals surface area (Å²) in [6.07, 6.45) is 3.62. The standard InChI is InChI=1S/C13H14N2O.C9H8O5/c1-10-6-7-12(9-14-10)11(2)15-8-4-3-5-13(15)16;1-4-2-7(10)6(9(13)14)3-5(4)8(11)12/h3-9,11H,1-2H3;2-3,10H,1H3,(H,11,12)(H,13,14). The van der Waals surface area contributed by atoms with Crippen LogP contribution in [0.25, 0.3) is 0 Å². The zero-order valence-corrected chi connectivity index (χ0v) is 16.7. The number of carboxylic acids is 2. The highest BCUT2D eigenvalue weighted by Gasteiger charge is 2.16. The zero-order valence-electron chi connectivity index (χ0n) is 16.7. The second kappa shape index (κ2) is 9.51. The Morgan fingerprint density at radius 3 is 2.20 bits per heavy atom. The van der Waals surface area contributed by atoms with E-state index in [1.807, 2.05) is 38.2 Å². The lowest BCUT2D eigenvalue weighted by Gasteiger charge is -2.14. The number of nitrogens with zero attached hydrogens (tertiary/aromatic N) is 2. The summed E-state index contributed by atoms with van der Waals surface area (Å²) in [7, 11) is 0. The third kappa shape index (κ3) is 5.32. The lowest BCUT2D eigenvalue weighted by molar-refractivity contribution is 0.0693. The number of phenols is 1. The molecule has 3 rings (SSSR count). The van der Waals surface area contributed by atoms with Crippen LogP contribution in [0.4, 0.5) is 0 Å². The van der Waals surface area contributed by atoms with Crippen molar-refractivity contribution < 1.29 is 24.9 Å². The average molecular weight is 410 g/mol. The number of carbonyl (C=O) groups is 2. The van der Waals surface area contributed by atoms with Gasteiger partial charge < -0.3 is 19.9 Å². The van der Waals surface area contributed by atoms with Gasteiger partial charge in [-0.05, 0) is 56.2 Å². The highest BCUT2D eigenvalue weighted by Crippen LogP contribution is 2.22. The Morgan fingerprint density at radius 1 is 1.00 bits per heavy atom. The number of carboxylic acid groups (broad SMARTS) is 2. The molecule has 0 amide bonds. The maximum absolute atomic E-state index is 11.6. The molecule has 2 heterocycles. The number of aromatic hydroxyl groups is 1. The van der Waals surface area contributed by atoms with E-state index < -0.39 is 23.3 Å². The van der Waals surface area contributed by atoms with Crippen molar-refractivity contribution >= 4 is 11.9 Å². The lowest BCUT2D eigenvalue weighted by Crippen LogP contribution is -2.22. The largest absolute Gasteiger partial charge is 0.507 e. The molecule has 1 aromatic carbocycles. The van der Waals surface area contributed by atoms with E-state index in [9.17, 15) is 19.5 Å². The SMILES string of the molecule is Cc1cc(O)c(C(=O)O)cc1C(=O)O.Cc1ccc(C(C)n2ccccc2=O)cn1. The van der Waals surface area contributed by atoms with Crippen LogP contribution in [0.2, 0.25) is 0 Å². The molecule has 3 N–H and O–H groups in total. The maximum Gasteiger partial charge on any atom is 0.339 e. The first-order valence-corrected chi connectivity index (χ1v) is 9.01. The topological polar surface area (TPSA) is 130 Å². The molecule has 0 aliphatic carbocycles. The van der Waals surface area contributed by atoms with Crippen molar-refractivity contribution in [3.05, 3.63) is 93.2 Å². The van der Waals surface area contributed by atoms with Crippen LogP contribution >= 0.6 is 0 Å². The van der Waals surface area contributed by atoms with Crippen molar-refractivity contribution in [3.63, 3.8) is 0 Å². The number of aromatic carboxylic acids is 2. The third-order valence-corrected chi connectivity index (χ3v) is 4.49. The number of hydrogen-bond donors (Lipinski definition) is 3. The molecule has 0 saturated heterocycles. The zero-order chi connectivity index (χ0) is 22.4. The molecule has 0 fully saturated rings. The van der Waals surface area contributed by atoms with E-state index in [4.69, 9.17) is 10.2 Å². The fraction of sp³-hybridized carbons (Fsp3) is 0.182. The van der Waals surface area contributed by atoms with Crippen molar-refractivity contribution in [1.82, 2.24) is 9.55 Å². The fourth-order valence-corrected chi connectivity index (χ4v) is 2.74. The van der Waals surface area contributed by atoms with E-state index in [2.05, 4.69) is 4.98 Å². The molecule has 3 aromatic rings. The summed E-state index contributed by atoms with van der Waals surface area (Å²) in [5.74, 6) is -3.00. The number of aryl methyl sites for hydroxylation is 2. The molecule has 0 saturated carbocycles. The highest BCUT2D eigenvalue weighted by atomic mass is 16.4. The minimum Gasteiger partial charge on any atom is -0.507 e. The Labute approximate surface area is 172 Å². The minimum atomic E-state index is -1.36. The van der Waals surface area contributed by atoms with E-state index in [0.717, 1.165) is 23.4 Å². The molecule has 0 bridgehead atoms. The molecule has 2 aromatic heterocycles. The highest BCUT2D eigenvalue weighted by molar-refractivity contribution is 5.96. The van der Waals surface area contributed by atoms with Gasteiger partial charge in [-0.1, -0.05) is 12.1 Å². The quantitative estimate of drug-likeness (QED) is 0.602. The van der Waals surface area contributed by atoms with Crippen molar-refractivity contribution in [2.45, 2.75) is 26.8 Å². The monoisotopic (exact) mass is 410 g/mol. The summed E-state index contributed by atoms with van der Waals surface area (Å²) in [5.41, 5.74) is 1.82. The van der Waals surface area contributed by atoms with Crippen LogP contribution in [-0.4, -0.2) is 36.8 Å². The van der Waals surface area contributed by atoms with E-state index in [-0.39, 0.29) is 17.2 Å². The normalized spacial score (nSPS) is 11.2. The lowest BCUT2D eigenvalue weighted by atomic mass is 10.0. The summed E-state index contributed by atoms with van der Waals surface area (Å²) in [5, 5.41) is 26.5. The van der Waals surface area contributed by atoms with Crippen LogP contribution < -0.4 is 5.56 Å². The van der Waals surface area contributed by atoms with Crippen molar-refractivity contribution in [1.29, 1.82) is 0 Å². The first-order valence-electron chi connectivity index (χ1n) is 9.01. The van der Waals surface area contributed by atoms with Crippen LogP contribution in [-0.2, 0) is 0 Å². The van der Waals surface area contributed by atoms with Gasteiger partial charge in [0.25, 0.3) is 5.56 Å². The number of benzene rings is 1. The summed E-state index contributed by atoms with van der Waals surface area (Å²) in [6, 6.07) is 11.2. The summed E-state index contributed by atoms with van der Waals surface area (Å²) >= 11 is 0. The third-order valence-electron chi connectivity index (χ3n) is 4.49. The Bertz CT molecular complexity index is 1080. The van der Waals surface area contributed by atoms with E-state index in [0.29, 0.717) is 5.56 Å². The predicted molar refractivity (Wildman–Crippen MR) is 110 cm³/mol. The van der Waals surface area contributed by atoms with Gasteiger partial charge in [0.05, 0.1) is 11.6 Å². The average Bonchev–Trinajstić information content (AvgIpc) is 2.68. The van der Waals surface area contributed by atoms with E-state index >= 15 is 0 Å². The Balaban J connectivity index is 0.000000216. The predicted octanol–water partition coefficient (Wildman–Crippen LogP) is 3.26. The van der Waals surface area contributed by atoms with Gasteiger partial charge in [0.15, 0.2) is 0 Å². The molecule has 0 aliphatic heterocycles. The van der Waals surface area contributed by atoms with Crippen molar-refractivity contribution in [2.24, 2.45) is 0 Å². The summed E-state index contributed by atoms with van der Waals surface area (Å²) < 4.78 is 1.70. The minimum absolute atomic E-state index is 0.00979. The van der Waals surface area contributed by atoms with Gasteiger partial charge in [0.1, 0.15) is 11.3 Å². The number of aromatic nitrogens is 2. The molecule has 1 unspecified atom stereocenters. The molecular weight excluding hydrogens is 388 g/mol. The molecular formula is C22H22N2O6. The molecule has 1 atom stereocenters. The maximum atomic E-state index is 11.6. The fourth-order valence-electron chi connectivity index (χ4n) is 2.74. The molecule has 8 nitrogen and oxygen atoms in total. The summed E-state index contributed by atoms with van der Waals surface area (Å²) in [6.45, 7) is 5.42. The van der Waals surface area contributed by atoms with Gasteiger partial charge in [0.2, 0.25) is 0 Å². The van der Waals surface area contributed by atoms with Gasteiger partial charge >= 0.3 is 11.9 Å². The summed E-state index contributed by atoms with van der Waals surface area (Å²) in [4.78, 5) is 37.1. The molecule has 30 heavy (non-hydrogen) atoms. The Morgan fingerprint density at radius 2 is 1.67 bits per heavy atom. The first-order chi connectivity index (χ1) is 14.1. The van der Waals surface area contributed by atoms with Crippen LogP contribution in [0.15, 0.2) is 59.7 Å². The van der Waals surface area contributed by atoms with Crippen LogP contribution in [0.3, 0.4) is 0 Å². The molecule has 0 spiro atoms. The second-order valence-electron chi connectivity index (χ2n) is 6.65. The Kier molecular flexibility index (Phi) is 7.08. The van der Waals surface area contributed by atoms with Crippen molar-refractivity contribution in [3.8, 4) is 5.75 Å². The van der Waals surface area contributed by atoms with Gasteiger partial charge in [-0.25, -0.2) is 9.59 Å². The smallest absolute Gasteiger partial charge is 0.339 e. The van der Waals surface area contributed by atoms with Gasteiger partial charge in [-0.3, -0.25) is 9.78 Å². The number of pyridine rings is 2. The van der Waals surface area contributed by atoms with Crippen LogP contribution in [0.5, 0.6) is 5.75 Å². The van der Waals surface area contributed by atoms with Crippen molar-refractivity contribution in [2.75, 3.05) is 0 Å². The molecule has 0 aliphatic rings. The second-order valence-corrected chi connectivity index (χ2v) is 6.65. The molecule has 156 valence electrons.